The van der Waals surface area contributed by atoms with Crippen LogP contribution in [0.3, 0.4) is 0 Å². The number of carboxylic acids is 1. The standard InChI is InChI=1S/4C17H25NO6.C15H22O5.C3H6O2/c1-9-4-5-12-10(2)17(18-8-13(19)20-17)22-14-16(12)11(9)6-7-15(3,21-14)23-24-16;1-10-4-5-13-11(2)14(18-8-20-9-19)21-15-17(13)12(10)6-7-16(3,22-15)23-24-17;1-10-4-5-13-11(2)14(20)18(8-21-9-19)15-17(13)12(10)6-7-16(3,22-15)23-24-17;1-9-4-5-12-10(2)14(18-8-13(19)20)21-15-17(12)11(9)6-7-16(3,22-15)23-24-17;1-8-4-5-11-9(2)12(16)17-13-15(11)10(8)6-7-14(3,18-13)19-20-15;1-2-5-3-4/h9-12,14,18H,4-8H2,1-3H3;2*9-13,15H,4-8H2,1-3H3;9-12,15H,4-8H2,1-3H3,(H,19,20);8-11,13H,4-7H2,1-3H3;3H,2H2,1H3/t9-,10-,11?,12?,14+,15+,16?,17?;10-,11-,12?,13?,15-,16+,17?;10-,11-,12?,13?,15?,16+,17?;9-,10-,11?,12?,15-,16+,17?;8-,9-,10?,11?,13-,14+,15?;/m11111./s1. The normalized spacial score (nSPS) is 52.0. The molecule has 26 rings (SSSR count). The van der Waals surface area contributed by atoms with E-state index in [1.165, 1.54) is 4.90 Å². The van der Waals surface area contributed by atoms with Crippen LogP contribution in [-0.4, -0.2) is 192 Å². The third kappa shape index (κ3) is 14.8. The van der Waals surface area contributed by atoms with E-state index < -0.39 is 100 Å². The Labute approximate surface area is 706 Å². The Kier molecular flexibility index (Phi) is 24.5. The van der Waals surface area contributed by atoms with Crippen LogP contribution in [0.4, 0.5) is 0 Å². The van der Waals surface area contributed by atoms with Crippen molar-refractivity contribution in [3.63, 3.8) is 0 Å². The van der Waals surface area contributed by atoms with Crippen LogP contribution in [0.2, 0.25) is 0 Å². The SMILES string of the molecule is CCOC=O.C[C@@H]1CCC2[C@@H](C)C(=NCC(=O)O)O[C@@H]3O[C@]4(C)CCC1C23OO4.C[C@@H]1CCC2[C@@H](C)C(=NCOC=O)O[C@@H]3O[C@]4(C)CCC1C23OO4.C[C@@H]1CCC2[C@@H](C)C(=O)N(COC=O)C3O[C@]4(C)CCC1C23OO4.C[C@@H]1CCC2[C@@H](C)C(=O)O[C@@H]3O[C@]4(C)CCC1C23OO4.C[C@@H]1CCC2[C@@H](C)C3(NCC(=O)O3)O[C@@H]3O[C@]4(C)CCC1C23OO4. The summed E-state index contributed by atoms with van der Waals surface area (Å²) in [7, 11) is 0. The van der Waals surface area contributed by atoms with E-state index in [0.29, 0.717) is 91.1 Å². The van der Waals surface area contributed by atoms with Crippen LogP contribution in [-0.2, 0) is 144 Å². The molecule has 2 N–H and O–H groups in total. The number of aliphatic imine (C=N–C) groups is 2. The summed E-state index contributed by atoms with van der Waals surface area (Å²) in [6, 6.07) is 0. The zero-order chi connectivity index (χ0) is 86.2. The lowest BCUT2D eigenvalue weighted by Crippen LogP contribution is -2.75. The minimum Gasteiger partial charge on any atom is -0.480 e. The Morgan fingerprint density at radius 1 is 0.430 bits per heavy atom. The smallest absolute Gasteiger partial charge is 0.325 e. The van der Waals surface area contributed by atoms with E-state index in [1.54, 1.807) is 6.92 Å². The first kappa shape index (κ1) is 89.0. The molecule has 5 aliphatic carbocycles. The zero-order valence-electron chi connectivity index (χ0n) is 72.9. The fourth-order valence-electron chi connectivity index (χ4n) is 26.1. The first-order chi connectivity index (χ1) is 57.5. The van der Waals surface area contributed by atoms with Gasteiger partial charge < -0.3 is 61.9 Å². The van der Waals surface area contributed by atoms with Gasteiger partial charge in [-0.1, -0.05) is 69.2 Å². The molecule has 6 spiro atoms. The molecule has 0 aromatic carbocycles. The van der Waals surface area contributed by atoms with E-state index in [0.717, 1.165) is 128 Å². The summed E-state index contributed by atoms with van der Waals surface area (Å²) in [5, 5.41) is 12.1. The quantitative estimate of drug-likeness (QED) is 0.0674. The van der Waals surface area contributed by atoms with Crippen molar-refractivity contribution in [1.82, 2.24) is 10.2 Å². The number of nitrogens with one attached hydrogen (secondary N) is 1. The fourth-order valence-corrected chi connectivity index (χ4v) is 26.1. The molecule has 0 radical (unpaired) electrons. The predicted molar refractivity (Wildman–Crippen MR) is 412 cm³/mol. The summed E-state index contributed by atoms with van der Waals surface area (Å²) in [6.45, 7) is 33.9. The van der Waals surface area contributed by atoms with Gasteiger partial charge in [0.05, 0.1) is 19.1 Å². The maximum atomic E-state index is 12.9. The average Bonchev–Trinajstić information content (AvgIpc) is 1.54. The van der Waals surface area contributed by atoms with Gasteiger partial charge in [-0.3, -0.25) is 43.2 Å². The molecule has 1 amide bonds. The molecular weight excluding hydrogens is 1580 g/mol. The lowest BCUT2D eigenvalue weighted by atomic mass is 9.57. The van der Waals surface area contributed by atoms with Crippen molar-refractivity contribution in [1.29, 1.82) is 0 Å². The van der Waals surface area contributed by atoms with Crippen molar-refractivity contribution in [3.8, 4) is 0 Å². The highest BCUT2D eigenvalue weighted by molar-refractivity contribution is 5.83. The molecule has 21 saturated heterocycles. The number of likely N-dealkylation sites (tertiary alicyclic amines) is 1. The summed E-state index contributed by atoms with van der Waals surface area (Å²) >= 11 is 0. The number of carbonyl (C=O) groups excluding carboxylic acids is 6. The van der Waals surface area contributed by atoms with Gasteiger partial charge in [-0.15, -0.1) is 0 Å². The maximum Gasteiger partial charge on any atom is 0.325 e. The summed E-state index contributed by atoms with van der Waals surface area (Å²) < 4.78 is 74.3. The van der Waals surface area contributed by atoms with Crippen LogP contribution >= 0.6 is 0 Å². The number of hydrogen-bond donors (Lipinski definition) is 2. The Morgan fingerprint density at radius 2 is 0.802 bits per heavy atom. The second-order valence-corrected chi connectivity index (χ2v) is 39.5. The number of nitrogens with zero attached hydrogens (tertiary/aromatic N) is 3. The monoisotopic (exact) mass is 1710 g/mol. The van der Waals surface area contributed by atoms with Crippen molar-refractivity contribution >= 4 is 55.0 Å². The van der Waals surface area contributed by atoms with E-state index in [2.05, 4.69) is 68.5 Å². The molecule has 0 aromatic rings. The van der Waals surface area contributed by atoms with Crippen molar-refractivity contribution in [2.75, 3.05) is 33.2 Å². The molecule has 35 nitrogen and oxygen atoms in total. The minimum absolute atomic E-state index is 0.0229. The molecule has 21 heterocycles. The Bertz CT molecular complexity index is 3920. The zero-order valence-corrected chi connectivity index (χ0v) is 72.9. The Hall–Kier alpha value is -5.45. The summed E-state index contributed by atoms with van der Waals surface area (Å²) in [4.78, 5) is 147. The number of piperidine rings is 1. The highest BCUT2D eigenvalue weighted by atomic mass is 17.3. The second-order valence-electron chi connectivity index (χ2n) is 39.5. The predicted octanol–water partition coefficient (Wildman–Crippen LogP) is 10.8. The Morgan fingerprint density at radius 3 is 1.21 bits per heavy atom. The van der Waals surface area contributed by atoms with Crippen LogP contribution in [0.25, 0.3) is 0 Å². The van der Waals surface area contributed by atoms with E-state index in [1.807, 2.05) is 55.4 Å². The highest BCUT2D eigenvalue weighted by Crippen LogP contribution is 2.67. The fraction of sp³-hybridized carbons (Fsp3) is 0.895. The van der Waals surface area contributed by atoms with E-state index in [4.69, 9.17) is 111 Å². The van der Waals surface area contributed by atoms with Gasteiger partial charge in [0.1, 0.15) is 6.54 Å². The topological polar surface area (TPSA) is 392 Å². The summed E-state index contributed by atoms with van der Waals surface area (Å²) in [6.07, 6.45) is 16.2. The van der Waals surface area contributed by atoms with Gasteiger partial charge in [-0.05, 0) is 179 Å². The molecule has 26 aliphatic rings. The second kappa shape index (κ2) is 33.3. The summed E-state index contributed by atoms with van der Waals surface area (Å²) in [5.41, 5.74) is -3.14. The van der Waals surface area contributed by atoms with Crippen LogP contribution in [0.5, 0.6) is 0 Å². The van der Waals surface area contributed by atoms with Crippen molar-refractivity contribution in [2.45, 2.75) is 333 Å². The lowest BCUT2D eigenvalue weighted by molar-refractivity contribution is -0.585. The molecule has 21 aliphatic heterocycles. The molecule has 678 valence electrons. The van der Waals surface area contributed by atoms with Gasteiger partial charge >= 0.3 is 17.9 Å². The number of aliphatic carboxylic acids is 1. The largest absolute Gasteiger partial charge is 0.480 e. The van der Waals surface area contributed by atoms with Crippen molar-refractivity contribution in [2.24, 2.45) is 128 Å². The number of amides is 1. The van der Waals surface area contributed by atoms with Crippen molar-refractivity contribution in [3.05, 3.63) is 0 Å². The van der Waals surface area contributed by atoms with E-state index >= 15 is 0 Å². The van der Waals surface area contributed by atoms with Crippen LogP contribution in [0.1, 0.15) is 239 Å². The van der Waals surface area contributed by atoms with Gasteiger partial charge in [0, 0.05) is 103 Å². The van der Waals surface area contributed by atoms with Gasteiger partial charge in [-0.2, -0.15) is 0 Å². The van der Waals surface area contributed by atoms with Crippen LogP contribution < -0.4 is 5.32 Å². The Balaban J connectivity index is 0.000000111. The van der Waals surface area contributed by atoms with Crippen LogP contribution in [0, 0.1) is 118 Å². The minimum atomic E-state index is -1.12. The number of fused-ring (bicyclic) bond motifs is 10. The lowest BCUT2D eigenvalue weighted by Gasteiger charge is -2.61. The van der Waals surface area contributed by atoms with E-state index in [-0.39, 0.29) is 109 Å². The molecule has 35 heteroatoms. The van der Waals surface area contributed by atoms with Gasteiger partial charge in [0.2, 0.25) is 53.7 Å². The van der Waals surface area contributed by atoms with Crippen LogP contribution in [0.15, 0.2) is 9.98 Å². The van der Waals surface area contributed by atoms with Gasteiger partial charge in [0.25, 0.3) is 25.3 Å². The number of carboxylic acid groups (broad SMARTS) is 1. The number of esters is 2. The number of ether oxygens (including phenoxy) is 13. The average molecular weight is 1710 g/mol. The first-order valence-corrected chi connectivity index (χ1v) is 44.7. The molecule has 26 fully saturated rings. The molecular formula is C86H128N4O31. The van der Waals surface area contributed by atoms with Gasteiger partial charge in [-0.25, -0.2) is 64.2 Å². The van der Waals surface area contributed by atoms with Crippen molar-refractivity contribution < 1.29 is 149 Å². The third-order valence-corrected chi connectivity index (χ3v) is 32.6. The molecule has 10 bridgehead atoms. The highest BCUT2D eigenvalue weighted by Gasteiger charge is 2.77. The summed E-state index contributed by atoms with van der Waals surface area (Å²) in [5.74, 6) is -1.33. The van der Waals surface area contributed by atoms with E-state index in [9.17, 15) is 33.6 Å². The molecule has 5 saturated carbocycles. The van der Waals surface area contributed by atoms with Gasteiger partial charge in [0.15, 0.2) is 65.8 Å². The number of carbonyl (C=O) groups is 7. The third-order valence-electron chi connectivity index (χ3n) is 32.6. The maximum absolute atomic E-state index is 12.9. The first-order valence-electron chi connectivity index (χ1n) is 44.7. The molecule has 17 unspecified atom stereocenters. The molecule has 121 heavy (non-hydrogen) atoms. The number of hydrogen-bond acceptors (Lipinski definition) is 33. The number of rotatable bonds is 10. The molecule has 0 aromatic heterocycles. The molecule has 36 atom stereocenters.